The Kier molecular flexibility index (Phi) is 4.73. The van der Waals surface area contributed by atoms with Crippen molar-refractivity contribution in [3.63, 3.8) is 0 Å². The maximum Gasteiger partial charge on any atom is 0.266 e. The number of hydrazine groups is 1. The molecular formula is C13H11IN2O3S. The number of carbonyl (C=O) groups excluding carboxylic acids is 1. The van der Waals surface area contributed by atoms with Crippen LogP contribution in [0.1, 0.15) is 10.4 Å². The third-order valence-electron chi connectivity index (χ3n) is 2.46. The number of hydrogen-bond donors (Lipinski definition) is 2. The second-order valence-corrected chi connectivity index (χ2v) is 6.81. The van der Waals surface area contributed by atoms with E-state index >= 15 is 0 Å². The molecule has 2 aromatic rings. The first kappa shape index (κ1) is 14.9. The van der Waals surface area contributed by atoms with E-state index in [9.17, 15) is 13.2 Å². The van der Waals surface area contributed by atoms with Gasteiger partial charge in [0.05, 0.1) is 4.90 Å². The summed E-state index contributed by atoms with van der Waals surface area (Å²) >= 11 is 2.08. The molecule has 0 fully saturated rings. The number of sulfonamides is 1. The summed E-state index contributed by atoms with van der Waals surface area (Å²) < 4.78 is 24.8. The van der Waals surface area contributed by atoms with Gasteiger partial charge in [0.25, 0.3) is 15.9 Å². The Bertz CT molecular complexity index is 700. The standard InChI is InChI=1S/C13H11IN2O3S/c14-11-6-8-12(9-7-11)20(18,19)16-15-13(17)10-4-2-1-3-5-10/h1-9,16H,(H,15,17). The lowest BCUT2D eigenvalue weighted by atomic mass is 10.2. The third kappa shape index (κ3) is 3.78. The van der Waals surface area contributed by atoms with Gasteiger partial charge in [0.2, 0.25) is 0 Å². The Hall–Kier alpha value is -1.45. The summed E-state index contributed by atoms with van der Waals surface area (Å²) in [6, 6.07) is 14.6. The Morgan fingerprint density at radius 1 is 0.950 bits per heavy atom. The van der Waals surface area contributed by atoms with Gasteiger partial charge in [-0.2, -0.15) is 0 Å². The Balaban J connectivity index is 2.06. The zero-order valence-corrected chi connectivity index (χ0v) is 13.2. The number of nitrogens with one attached hydrogen (secondary N) is 2. The lowest BCUT2D eigenvalue weighted by Crippen LogP contribution is -2.41. The summed E-state index contributed by atoms with van der Waals surface area (Å²) in [4.78, 5) is 13.9. The van der Waals surface area contributed by atoms with Crippen LogP contribution >= 0.6 is 22.6 Å². The molecule has 0 aliphatic rings. The Morgan fingerprint density at radius 2 is 1.55 bits per heavy atom. The number of halogens is 1. The zero-order valence-electron chi connectivity index (χ0n) is 10.2. The molecule has 0 spiro atoms. The highest BCUT2D eigenvalue weighted by Crippen LogP contribution is 2.11. The summed E-state index contributed by atoms with van der Waals surface area (Å²) in [5.41, 5.74) is 2.55. The van der Waals surface area contributed by atoms with E-state index in [1.165, 1.54) is 12.1 Å². The molecule has 0 atom stereocenters. The first-order chi connectivity index (χ1) is 9.49. The highest BCUT2D eigenvalue weighted by atomic mass is 127. The van der Waals surface area contributed by atoms with Gasteiger partial charge in [0.1, 0.15) is 0 Å². The fourth-order valence-corrected chi connectivity index (χ4v) is 2.65. The fourth-order valence-electron chi connectivity index (χ4n) is 1.45. The zero-order chi connectivity index (χ0) is 14.6. The van der Waals surface area contributed by atoms with Crippen LogP contribution in [-0.4, -0.2) is 14.3 Å². The topological polar surface area (TPSA) is 75.3 Å². The quantitative estimate of drug-likeness (QED) is 0.606. The highest BCUT2D eigenvalue weighted by Gasteiger charge is 2.15. The molecule has 0 bridgehead atoms. The summed E-state index contributed by atoms with van der Waals surface area (Å²) in [6.45, 7) is 0. The van der Waals surface area contributed by atoms with Crippen LogP contribution in [0.4, 0.5) is 0 Å². The molecule has 7 heteroatoms. The van der Waals surface area contributed by atoms with Crippen molar-refractivity contribution in [1.82, 2.24) is 10.3 Å². The fraction of sp³-hybridized carbons (Fsp3) is 0. The van der Waals surface area contributed by atoms with Crippen LogP contribution in [0.3, 0.4) is 0 Å². The number of rotatable bonds is 4. The molecule has 0 saturated heterocycles. The molecule has 0 radical (unpaired) electrons. The first-order valence-electron chi connectivity index (χ1n) is 5.62. The van der Waals surface area contributed by atoms with Gasteiger partial charge in [-0.3, -0.25) is 10.2 Å². The largest absolute Gasteiger partial charge is 0.273 e. The van der Waals surface area contributed by atoms with Gasteiger partial charge >= 0.3 is 0 Å². The van der Waals surface area contributed by atoms with Crippen molar-refractivity contribution in [1.29, 1.82) is 0 Å². The summed E-state index contributed by atoms with van der Waals surface area (Å²) in [5.74, 6) is -0.514. The van der Waals surface area contributed by atoms with E-state index < -0.39 is 15.9 Å². The number of amides is 1. The van der Waals surface area contributed by atoms with Crippen molar-refractivity contribution >= 4 is 38.5 Å². The average Bonchev–Trinajstić information content (AvgIpc) is 2.46. The van der Waals surface area contributed by atoms with Crippen molar-refractivity contribution in [3.05, 3.63) is 63.7 Å². The second kappa shape index (κ2) is 6.33. The van der Waals surface area contributed by atoms with Crippen molar-refractivity contribution in [2.75, 3.05) is 0 Å². The average molecular weight is 402 g/mol. The smallest absolute Gasteiger partial charge is 0.266 e. The third-order valence-corrected chi connectivity index (χ3v) is 4.44. The molecule has 0 heterocycles. The van der Waals surface area contributed by atoms with Crippen LogP contribution in [0.2, 0.25) is 0 Å². The molecule has 2 aromatic carbocycles. The van der Waals surface area contributed by atoms with Gasteiger partial charge in [0, 0.05) is 9.13 Å². The van der Waals surface area contributed by atoms with Crippen molar-refractivity contribution in [2.24, 2.45) is 0 Å². The predicted molar refractivity (Wildman–Crippen MR) is 83.4 cm³/mol. The SMILES string of the molecule is O=C(NNS(=O)(=O)c1ccc(I)cc1)c1ccccc1. The van der Waals surface area contributed by atoms with Crippen molar-refractivity contribution in [3.8, 4) is 0 Å². The van der Waals surface area contributed by atoms with Gasteiger partial charge in [0.15, 0.2) is 0 Å². The maximum absolute atomic E-state index is 12.0. The minimum Gasteiger partial charge on any atom is -0.273 e. The van der Waals surface area contributed by atoms with Gasteiger partial charge in [-0.1, -0.05) is 18.2 Å². The Morgan fingerprint density at radius 3 is 2.15 bits per heavy atom. The molecule has 1 amide bonds. The monoisotopic (exact) mass is 402 g/mol. The van der Waals surface area contributed by atoms with Crippen LogP contribution in [0.5, 0.6) is 0 Å². The van der Waals surface area contributed by atoms with Gasteiger partial charge in [-0.25, -0.2) is 8.42 Å². The molecule has 0 aromatic heterocycles. The van der Waals surface area contributed by atoms with Crippen LogP contribution in [0.25, 0.3) is 0 Å². The molecule has 2 N–H and O–H groups in total. The van der Waals surface area contributed by atoms with E-state index in [4.69, 9.17) is 0 Å². The van der Waals surface area contributed by atoms with E-state index in [2.05, 4.69) is 32.8 Å². The lowest BCUT2D eigenvalue weighted by Gasteiger charge is -2.08. The number of carbonyl (C=O) groups is 1. The van der Waals surface area contributed by atoms with Gasteiger partial charge in [-0.15, -0.1) is 4.83 Å². The predicted octanol–water partition coefficient (Wildman–Crippen LogP) is 1.91. The van der Waals surface area contributed by atoms with E-state index in [0.29, 0.717) is 5.56 Å². The molecule has 20 heavy (non-hydrogen) atoms. The van der Waals surface area contributed by atoms with Crippen LogP contribution < -0.4 is 10.3 Å². The second-order valence-electron chi connectivity index (χ2n) is 3.88. The van der Waals surface area contributed by atoms with Crippen LogP contribution in [0.15, 0.2) is 59.5 Å². The molecule has 104 valence electrons. The lowest BCUT2D eigenvalue weighted by molar-refractivity contribution is 0.0945. The van der Waals surface area contributed by atoms with Gasteiger partial charge in [-0.05, 0) is 59.0 Å². The number of benzene rings is 2. The minimum atomic E-state index is -3.77. The van der Waals surface area contributed by atoms with Crippen LogP contribution in [-0.2, 0) is 10.0 Å². The summed E-state index contributed by atoms with van der Waals surface area (Å²) in [6.07, 6.45) is 0. The van der Waals surface area contributed by atoms with Crippen molar-refractivity contribution < 1.29 is 13.2 Å². The maximum atomic E-state index is 12.0. The first-order valence-corrected chi connectivity index (χ1v) is 8.18. The minimum absolute atomic E-state index is 0.0891. The molecule has 5 nitrogen and oxygen atoms in total. The molecule has 0 saturated carbocycles. The highest BCUT2D eigenvalue weighted by molar-refractivity contribution is 14.1. The molecular weight excluding hydrogens is 391 g/mol. The number of hydrogen-bond acceptors (Lipinski definition) is 3. The van der Waals surface area contributed by atoms with Crippen molar-refractivity contribution in [2.45, 2.75) is 4.90 Å². The summed E-state index contributed by atoms with van der Waals surface area (Å²) in [5, 5.41) is 0. The van der Waals surface area contributed by atoms with E-state index in [1.807, 2.05) is 0 Å². The molecule has 0 aliphatic heterocycles. The normalized spacial score (nSPS) is 11.1. The van der Waals surface area contributed by atoms with E-state index in [1.54, 1.807) is 42.5 Å². The molecule has 0 unspecified atom stereocenters. The van der Waals surface area contributed by atoms with E-state index in [-0.39, 0.29) is 4.90 Å². The summed E-state index contributed by atoms with van der Waals surface area (Å²) in [7, 11) is -3.77. The molecule has 2 rings (SSSR count). The van der Waals surface area contributed by atoms with Gasteiger partial charge < -0.3 is 0 Å². The van der Waals surface area contributed by atoms with E-state index in [0.717, 1.165) is 3.57 Å². The van der Waals surface area contributed by atoms with Crippen LogP contribution in [0, 0.1) is 3.57 Å². The molecule has 0 aliphatic carbocycles. The Labute approximate surface area is 130 Å².